The van der Waals surface area contributed by atoms with Crippen molar-refractivity contribution in [1.82, 2.24) is 15.1 Å². The van der Waals surface area contributed by atoms with E-state index in [0.29, 0.717) is 23.0 Å². The van der Waals surface area contributed by atoms with Gasteiger partial charge in [-0.25, -0.2) is 4.39 Å². The van der Waals surface area contributed by atoms with Gasteiger partial charge in [-0.3, -0.25) is 19.2 Å². The van der Waals surface area contributed by atoms with Crippen molar-refractivity contribution in [2.45, 2.75) is 76.9 Å². The van der Waals surface area contributed by atoms with Crippen molar-refractivity contribution < 1.29 is 14.0 Å². The second-order valence-corrected chi connectivity index (χ2v) is 10.5. The molecule has 1 aliphatic carbocycles. The first-order valence-electron chi connectivity index (χ1n) is 12.9. The number of halogens is 1. The third kappa shape index (κ3) is 4.43. The van der Waals surface area contributed by atoms with Crippen molar-refractivity contribution in [1.29, 1.82) is 0 Å². The molecule has 1 aliphatic heterocycles. The highest BCUT2D eigenvalue weighted by atomic mass is 19.1. The number of carbonyl (C=O) groups is 2. The van der Waals surface area contributed by atoms with Crippen molar-refractivity contribution in [3.05, 3.63) is 71.7 Å². The summed E-state index contributed by atoms with van der Waals surface area (Å²) in [6, 6.07) is 15.8. The van der Waals surface area contributed by atoms with E-state index in [4.69, 9.17) is 5.10 Å². The Morgan fingerprint density at radius 3 is 2.36 bits per heavy atom. The molecule has 0 bridgehead atoms. The Kier molecular flexibility index (Phi) is 6.41. The van der Waals surface area contributed by atoms with Crippen LogP contribution >= 0.6 is 0 Å². The van der Waals surface area contributed by atoms with Gasteiger partial charge in [-0.2, -0.15) is 5.10 Å². The Morgan fingerprint density at radius 2 is 1.72 bits per heavy atom. The molecule has 7 heteroatoms. The Bertz CT molecular complexity index is 1260. The summed E-state index contributed by atoms with van der Waals surface area (Å²) >= 11 is 0. The average molecular weight is 489 g/mol. The molecule has 1 atom stereocenters. The fraction of sp³-hybridized carbons (Fsp3) is 0.414. The number of rotatable bonds is 5. The van der Waals surface area contributed by atoms with Crippen molar-refractivity contribution in [3.63, 3.8) is 0 Å². The fourth-order valence-corrected chi connectivity index (χ4v) is 5.34. The molecule has 2 aliphatic rings. The van der Waals surface area contributed by atoms with Crippen LogP contribution in [0.2, 0.25) is 0 Å². The number of hydrogen-bond donors (Lipinski definition) is 1. The summed E-state index contributed by atoms with van der Waals surface area (Å²) in [7, 11) is 0. The molecule has 188 valence electrons. The van der Waals surface area contributed by atoms with E-state index >= 15 is 0 Å². The molecular formula is C29H33FN4O2. The third-order valence-electron chi connectivity index (χ3n) is 7.54. The van der Waals surface area contributed by atoms with Crippen LogP contribution in [-0.4, -0.2) is 33.2 Å². The van der Waals surface area contributed by atoms with Crippen LogP contribution in [0.3, 0.4) is 0 Å². The lowest BCUT2D eigenvalue weighted by atomic mass is 9.91. The summed E-state index contributed by atoms with van der Waals surface area (Å²) in [6.45, 7) is 6.26. The molecule has 0 unspecified atom stereocenters. The zero-order valence-electron chi connectivity index (χ0n) is 21.1. The maximum atomic E-state index is 13.9. The van der Waals surface area contributed by atoms with E-state index < -0.39 is 11.4 Å². The maximum absolute atomic E-state index is 13.9. The number of hydrogen-bond acceptors (Lipinski definition) is 3. The van der Waals surface area contributed by atoms with Crippen LogP contribution < -0.4 is 10.2 Å². The minimum Gasteiger partial charge on any atom is -0.351 e. The van der Waals surface area contributed by atoms with Crippen LogP contribution in [0.1, 0.15) is 74.8 Å². The summed E-state index contributed by atoms with van der Waals surface area (Å²) in [5.74, 6) is -0.514. The van der Waals surface area contributed by atoms with Gasteiger partial charge in [0.25, 0.3) is 5.91 Å². The summed E-state index contributed by atoms with van der Waals surface area (Å²) in [5, 5.41) is 7.94. The highest BCUT2D eigenvalue weighted by molar-refractivity contribution is 6.12. The van der Waals surface area contributed by atoms with E-state index in [1.54, 1.807) is 29.8 Å². The summed E-state index contributed by atoms with van der Waals surface area (Å²) in [5.41, 5.74) is 2.50. The normalized spacial score (nSPS) is 20.5. The first kappa shape index (κ1) is 24.2. The number of nitrogens with one attached hydrogen (secondary N) is 1. The molecule has 2 heterocycles. The smallest absolute Gasteiger partial charge is 0.277 e. The second-order valence-electron chi connectivity index (χ2n) is 10.5. The van der Waals surface area contributed by atoms with Gasteiger partial charge >= 0.3 is 0 Å². The van der Waals surface area contributed by atoms with E-state index in [9.17, 15) is 14.0 Å². The SMILES string of the molecule is CC(C)c1ccc(-c2cc3n(n2)C[C@](C)(C(=O)NC2CCCCC2)N(c2ccc(F)cc2)C3=O)cc1. The lowest BCUT2D eigenvalue weighted by molar-refractivity contribution is -0.127. The number of aromatic nitrogens is 2. The predicted octanol–water partition coefficient (Wildman–Crippen LogP) is 5.68. The molecule has 0 radical (unpaired) electrons. The predicted molar refractivity (Wildman–Crippen MR) is 138 cm³/mol. The van der Waals surface area contributed by atoms with E-state index in [0.717, 1.165) is 31.2 Å². The third-order valence-corrected chi connectivity index (χ3v) is 7.54. The number of amides is 2. The van der Waals surface area contributed by atoms with E-state index in [-0.39, 0.29) is 24.4 Å². The molecule has 1 aromatic heterocycles. The van der Waals surface area contributed by atoms with Crippen LogP contribution in [-0.2, 0) is 11.3 Å². The van der Waals surface area contributed by atoms with E-state index in [2.05, 4.69) is 31.3 Å². The van der Waals surface area contributed by atoms with Crippen molar-refractivity contribution in [2.24, 2.45) is 0 Å². The van der Waals surface area contributed by atoms with Gasteiger partial charge in [0, 0.05) is 17.3 Å². The fourth-order valence-electron chi connectivity index (χ4n) is 5.34. The Hall–Kier alpha value is -3.48. The molecule has 1 fully saturated rings. The Morgan fingerprint density at radius 1 is 1.06 bits per heavy atom. The summed E-state index contributed by atoms with van der Waals surface area (Å²) in [6.07, 6.45) is 5.24. The topological polar surface area (TPSA) is 67.2 Å². The van der Waals surface area contributed by atoms with Gasteiger partial charge in [-0.1, -0.05) is 57.4 Å². The van der Waals surface area contributed by atoms with Gasteiger partial charge < -0.3 is 5.32 Å². The molecule has 0 saturated heterocycles. The molecule has 5 rings (SSSR count). The van der Waals surface area contributed by atoms with Gasteiger partial charge in [0.05, 0.1) is 12.2 Å². The summed E-state index contributed by atoms with van der Waals surface area (Å²) in [4.78, 5) is 29.2. The van der Waals surface area contributed by atoms with Crippen LogP contribution in [0.5, 0.6) is 0 Å². The highest BCUT2D eigenvalue weighted by Crippen LogP contribution is 2.35. The molecule has 0 spiro atoms. The average Bonchev–Trinajstić information content (AvgIpc) is 3.30. The Labute approximate surface area is 211 Å². The number of benzene rings is 2. The van der Waals surface area contributed by atoms with Gasteiger partial charge in [0.15, 0.2) is 0 Å². The second kappa shape index (κ2) is 9.52. The molecule has 2 aromatic carbocycles. The van der Waals surface area contributed by atoms with Crippen molar-refractivity contribution >= 4 is 17.5 Å². The zero-order valence-corrected chi connectivity index (χ0v) is 21.1. The monoisotopic (exact) mass is 488 g/mol. The number of carbonyl (C=O) groups excluding carboxylic acids is 2. The van der Waals surface area contributed by atoms with Crippen LogP contribution in [0.25, 0.3) is 11.3 Å². The molecule has 36 heavy (non-hydrogen) atoms. The number of anilines is 1. The van der Waals surface area contributed by atoms with E-state index in [1.165, 1.54) is 29.0 Å². The largest absolute Gasteiger partial charge is 0.351 e. The van der Waals surface area contributed by atoms with Crippen LogP contribution in [0.15, 0.2) is 54.6 Å². The zero-order chi connectivity index (χ0) is 25.4. The Balaban J connectivity index is 1.53. The number of nitrogens with zero attached hydrogens (tertiary/aromatic N) is 3. The first-order chi connectivity index (χ1) is 17.3. The van der Waals surface area contributed by atoms with Crippen LogP contribution in [0.4, 0.5) is 10.1 Å². The standard InChI is InChI=1S/C29H33FN4O2/c1-19(2)20-9-11-21(12-10-20)25-17-26-27(35)34(24-15-13-22(30)14-16-24)29(3,18-33(26)32-25)28(36)31-23-7-5-4-6-8-23/h9-17,19,23H,4-8,18H2,1-3H3,(H,31,36)/t29-/m1/s1. The van der Waals surface area contributed by atoms with E-state index in [1.807, 2.05) is 12.1 Å². The van der Waals surface area contributed by atoms with Crippen LogP contribution in [0, 0.1) is 5.82 Å². The molecule has 1 N–H and O–H groups in total. The molecular weight excluding hydrogens is 455 g/mol. The van der Waals surface area contributed by atoms with Crippen molar-refractivity contribution in [3.8, 4) is 11.3 Å². The maximum Gasteiger partial charge on any atom is 0.277 e. The lowest BCUT2D eigenvalue weighted by Gasteiger charge is -2.44. The quantitative estimate of drug-likeness (QED) is 0.502. The first-order valence-corrected chi connectivity index (χ1v) is 12.9. The highest BCUT2D eigenvalue weighted by Gasteiger charge is 2.49. The molecule has 6 nitrogen and oxygen atoms in total. The van der Waals surface area contributed by atoms with Gasteiger partial charge in [0.1, 0.15) is 17.1 Å². The van der Waals surface area contributed by atoms with Crippen molar-refractivity contribution in [2.75, 3.05) is 4.90 Å². The van der Waals surface area contributed by atoms with Gasteiger partial charge in [-0.15, -0.1) is 0 Å². The van der Waals surface area contributed by atoms with Gasteiger partial charge in [-0.05, 0) is 61.6 Å². The minimum atomic E-state index is -1.22. The molecule has 3 aromatic rings. The van der Waals surface area contributed by atoms with Gasteiger partial charge in [0.2, 0.25) is 5.91 Å². The number of fused-ring (bicyclic) bond motifs is 1. The molecule has 2 amide bonds. The lowest BCUT2D eigenvalue weighted by Crippen LogP contribution is -2.65. The molecule has 1 saturated carbocycles. The summed E-state index contributed by atoms with van der Waals surface area (Å²) < 4.78 is 15.4. The minimum absolute atomic E-state index is 0.0993.